The number of aryl methyl sites for hydroxylation is 1. The van der Waals surface area contributed by atoms with E-state index in [2.05, 4.69) is 19.6 Å². The van der Waals surface area contributed by atoms with Crippen LogP contribution >= 0.6 is 0 Å². The quantitative estimate of drug-likeness (QED) is 0.713. The van der Waals surface area contributed by atoms with Gasteiger partial charge in [0.05, 0.1) is 0 Å². The van der Waals surface area contributed by atoms with Crippen LogP contribution in [0.1, 0.15) is 41.8 Å². The number of benzene rings is 1. The smallest absolute Gasteiger partial charge is 0.194 e. The van der Waals surface area contributed by atoms with Crippen molar-refractivity contribution in [3.63, 3.8) is 0 Å². The fourth-order valence-electron chi connectivity index (χ4n) is 2.47. The van der Waals surface area contributed by atoms with Crippen LogP contribution in [-0.2, 0) is 6.42 Å². The Balaban J connectivity index is 2.53. The Labute approximate surface area is 109 Å². The Hall–Kier alpha value is -1.89. The molecule has 1 aliphatic rings. The highest BCUT2D eigenvalue weighted by atomic mass is 16.1. The molecule has 0 bridgehead atoms. The molecular weight excluding hydrogens is 220 g/mol. The zero-order valence-corrected chi connectivity index (χ0v) is 11.0. The number of allylic oxidation sites excluding steroid dienone is 5. The van der Waals surface area contributed by atoms with E-state index < -0.39 is 0 Å². The fourth-order valence-corrected chi connectivity index (χ4v) is 2.47. The third-order valence-corrected chi connectivity index (χ3v) is 3.35. The van der Waals surface area contributed by atoms with E-state index in [1.807, 2.05) is 31.2 Å². The lowest BCUT2D eigenvalue weighted by Crippen LogP contribution is -2.02. The summed E-state index contributed by atoms with van der Waals surface area (Å²) in [5, 5.41) is 0. The Morgan fingerprint density at radius 2 is 2.11 bits per heavy atom. The van der Waals surface area contributed by atoms with Crippen LogP contribution in [0.3, 0.4) is 0 Å². The van der Waals surface area contributed by atoms with Crippen molar-refractivity contribution in [2.45, 2.75) is 26.7 Å². The van der Waals surface area contributed by atoms with Crippen LogP contribution in [-0.4, -0.2) is 5.78 Å². The second-order valence-corrected chi connectivity index (χ2v) is 4.55. The highest BCUT2D eigenvalue weighted by Crippen LogP contribution is 2.35. The lowest BCUT2D eigenvalue weighted by atomic mass is 9.97. The molecule has 1 heteroatoms. The monoisotopic (exact) mass is 238 g/mol. The molecule has 1 aromatic carbocycles. The largest absolute Gasteiger partial charge is 0.289 e. The van der Waals surface area contributed by atoms with Gasteiger partial charge >= 0.3 is 0 Å². The van der Waals surface area contributed by atoms with E-state index in [4.69, 9.17) is 0 Å². The molecule has 92 valence electrons. The van der Waals surface area contributed by atoms with Gasteiger partial charge < -0.3 is 0 Å². The summed E-state index contributed by atoms with van der Waals surface area (Å²) < 4.78 is 0. The van der Waals surface area contributed by atoms with Crippen molar-refractivity contribution in [2.24, 2.45) is 0 Å². The van der Waals surface area contributed by atoms with Crippen molar-refractivity contribution < 1.29 is 4.79 Å². The molecular formula is C17H18O. The maximum absolute atomic E-state index is 12.5. The number of rotatable bonds is 4. The zero-order chi connectivity index (χ0) is 13.1. The lowest BCUT2D eigenvalue weighted by molar-refractivity contribution is 0.104. The number of Topliss-reactive ketones (excluding diaryl/α,β-unsaturated/α-hetero) is 1. The van der Waals surface area contributed by atoms with Crippen molar-refractivity contribution in [3.8, 4) is 0 Å². The molecule has 0 spiro atoms. The molecule has 1 nitrogen and oxygen atoms in total. The SMILES string of the molecule is C=C/C=C\C1=C(C)c2cccc(CCC)c2C1=O. The van der Waals surface area contributed by atoms with Gasteiger partial charge in [-0.1, -0.05) is 56.4 Å². The van der Waals surface area contributed by atoms with Gasteiger partial charge in [-0.2, -0.15) is 0 Å². The van der Waals surface area contributed by atoms with Crippen molar-refractivity contribution in [1.82, 2.24) is 0 Å². The van der Waals surface area contributed by atoms with Crippen LogP contribution in [0.5, 0.6) is 0 Å². The molecule has 0 saturated heterocycles. The average Bonchev–Trinajstić information content (AvgIpc) is 2.61. The number of hydrogen-bond acceptors (Lipinski definition) is 1. The Morgan fingerprint density at radius 3 is 2.78 bits per heavy atom. The van der Waals surface area contributed by atoms with Gasteiger partial charge in [0.2, 0.25) is 0 Å². The van der Waals surface area contributed by atoms with Crippen molar-refractivity contribution in [2.75, 3.05) is 0 Å². The van der Waals surface area contributed by atoms with Gasteiger partial charge in [-0.25, -0.2) is 0 Å². The summed E-state index contributed by atoms with van der Waals surface area (Å²) in [6, 6.07) is 6.14. The summed E-state index contributed by atoms with van der Waals surface area (Å²) in [4.78, 5) is 12.5. The molecule has 0 heterocycles. The van der Waals surface area contributed by atoms with Crippen LogP contribution in [0, 0.1) is 0 Å². The van der Waals surface area contributed by atoms with Crippen LogP contribution in [0.2, 0.25) is 0 Å². The molecule has 0 saturated carbocycles. The molecule has 0 N–H and O–H groups in total. The molecule has 18 heavy (non-hydrogen) atoms. The third-order valence-electron chi connectivity index (χ3n) is 3.35. The highest BCUT2D eigenvalue weighted by molar-refractivity contribution is 6.22. The first kappa shape index (κ1) is 12.6. The third kappa shape index (κ3) is 1.97. The second kappa shape index (κ2) is 5.18. The minimum Gasteiger partial charge on any atom is -0.289 e. The predicted molar refractivity (Wildman–Crippen MR) is 76.7 cm³/mol. The van der Waals surface area contributed by atoms with E-state index in [9.17, 15) is 4.79 Å². The van der Waals surface area contributed by atoms with Gasteiger partial charge in [-0.15, -0.1) is 0 Å². The Kier molecular flexibility index (Phi) is 3.61. The standard InChI is InChI=1S/C17H18O/c1-4-6-10-15-12(3)14-11-7-9-13(8-5-2)16(14)17(15)18/h4,6-7,9-11H,1,5,8H2,2-3H3/b10-6-. The first-order valence-corrected chi connectivity index (χ1v) is 6.37. The van der Waals surface area contributed by atoms with E-state index in [-0.39, 0.29) is 5.78 Å². The van der Waals surface area contributed by atoms with Crippen molar-refractivity contribution >= 4 is 11.4 Å². The van der Waals surface area contributed by atoms with Gasteiger partial charge in [0, 0.05) is 11.1 Å². The number of carbonyl (C=O) groups is 1. The van der Waals surface area contributed by atoms with Crippen molar-refractivity contribution in [1.29, 1.82) is 0 Å². The van der Waals surface area contributed by atoms with Crippen LogP contribution in [0.15, 0.2) is 48.6 Å². The topological polar surface area (TPSA) is 17.1 Å². The van der Waals surface area contributed by atoms with E-state index in [0.717, 1.165) is 35.1 Å². The molecule has 2 rings (SSSR count). The Bertz CT molecular complexity index is 559. The molecule has 0 radical (unpaired) electrons. The Morgan fingerprint density at radius 1 is 1.33 bits per heavy atom. The maximum atomic E-state index is 12.5. The number of hydrogen-bond donors (Lipinski definition) is 0. The first-order chi connectivity index (χ1) is 8.70. The number of fused-ring (bicyclic) bond motifs is 1. The second-order valence-electron chi connectivity index (χ2n) is 4.55. The molecule has 0 amide bonds. The molecule has 1 aliphatic carbocycles. The number of carbonyl (C=O) groups excluding carboxylic acids is 1. The summed E-state index contributed by atoms with van der Waals surface area (Å²) in [5.41, 5.74) is 5.04. The minimum atomic E-state index is 0.157. The van der Waals surface area contributed by atoms with Gasteiger partial charge in [-0.05, 0) is 30.0 Å². The summed E-state index contributed by atoms with van der Waals surface area (Å²) in [6.07, 6.45) is 7.40. The van der Waals surface area contributed by atoms with Gasteiger partial charge in [0.15, 0.2) is 5.78 Å². The summed E-state index contributed by atoms with van der Waals surface area (Å²) in [7, 11) is 0. The van der Waals surface area contributed by atoms with Crippen LogP contribution in [0.25, 0.3) is 5.57 Å². The normalized spacial score (nSPS) is 14.4. The average molecular weight is 238 g/mol. The summed E-state index contributed by atoms with van der Waals surface area (Å²) in [5.74, 6) is 0.157. The molecule has 0 fully saturated rings. The molecule has 0 atom stereocenters. The first-order valence-electron chi connectivity index (χ1n) is 6.37. The molecule has 0 aromatic heterocycles. The maximum Gasteiger partial charge on any atom is 0.194 e. The minimum absolute atomic E-state index is 0.157. The van der Waals surface area contributed by atoms with Gasteiger partial charge in [-0.3, -0.25) is 4.79 Å². The molecule has 1 aromatic rings. The molecule has 0 unspecified atom stereocenters. The van der Waals surface area contributed by atoms with Gasteiger partial charge in [0.25, 0.3) is 0 Å². The number of ketones is 1. The van der Waals surface area contributed by atoms with Crippen LogP contribution < -0.4 is 0 Å². The van der Waals surface area contributed by atoms with E-state index in [0.29, 0.717) is 0 Å². The van der Waals surface area contributed by atoms with E-state index >= 15 is 0 Å². The van der Waals surface area contributed by atoms with Gasteiger partial charge in [0.1, 0.15) is 0 Å². The summed E-state index contributed by atoms with van der Waals surface area (Å²) >= 11 is 0. The zero-order valence-electron chi connectivity index (χ0n) is 11.0. The fraction of sp³-hybridized carbons (Fsp3) is 0.235. The van der Waals surface area contributed by atoms with E-state index in [1.54, 1.807) is 6.08 Å². The predicted octanol–water partition coefficient (Wildman–Crippen LogP) is 4.35. The van der Waals surface area contributed by atoms with E-state index in [1.165, 1.54) is 5.56 Å². The molecule has 0 aliphatic heterocycles. The lowest BCUT2D eigenvalue weighted by Gasteiger charge is -2.06. The van der Waals surface area contributed by atoms with Crippen molar-refractivity contribution in [3.05, 3.63) is 65.3 Å². The summed E-state index contributed by atoms with van der Waals surface area (Å²) in [6.45, 7) is 7.80. The van der Waals surface area contributed by atoms with Crippen LogP contribution in [0.4, 0.5) is 0 Å². The highest BCUT2D eigenvalue weighted by Gasteiger charge is 2.27.